The highest BCUT2D eigenvalue weighted by atomic mass is 19.4. The molecule has 20 heavy (non-hydrogen) atoms. The number of carbonyl (C=O) groups is 1. The number of aliphatic hydroxyl groups excluding tert-OH is 1. The van der Waals surface area contributed by atoms with E-state index in [1.54, 1.807) is 6.92 Å². The summed E-state index contributed by atoms with van der Waals surface area (Å²) in [5, 5.41) is 9.80. The molecule has 0 bridgehead atoms. The van der Waals surface area contributed by atoms with Crippen molar-refractivity contribution in [3.05, 3.63) is 0 Å². The highest BCUT2D eigenvalue weighted by Crippen LogP contribution is 2.29. The molecular formula is C13H21F3N2O2. The second kappa shape index (κ2) is 5.89. The van der Waals surface area contributed by atoms with E-state index in [2.05, 4.69) is 0 Å². The molecule has 2 aliphatic rings. The van der Waals surface area contributed by atoms with Crippen LogP contribution in [0.5, 0.6) is 0 Å². The molecule has 1 N–H and O–H groups in total. The van der Waals surface area contributed by atoms with E-state index in [0.717, 1.165) is 24.2 Å². The van der Waals surface area contributed by atoms with Crippen LogP contribution in [0, 0.1) is 0 Å². The number of alkyl halides is 3. The monoisotopic (exact) mass is 294 g/mol. The Morgan fingerprint density at radius 2 is 2.00 bits per heavy atom. The lowest BCUT2D eigenvalue weighted by Gasteiger charge is -2.40. The third-order valence-corrected chi connectivity index (χ3v) is 4.19. The third kappa shape index (κ3) is 3.44. The minimum atomic E-state index is -4.35. The number of aliphatic hydroxyl groups is 1. The van der Waals surface area contributed by atoms with E-state index < -0.39 is 30.8 Å². The van der Waals surface area contributed by atoms with Gasteiger partial charge in [0.2, 0.25) is 5.91 Å². The average molecular weight is 294 g/mol. The summed E-state index contributed by atoms with van der Waals surface area (Å²) >= 11 is 0. The van der Waals surface area contributed by atoms with Crippen LogP contribution in [0.3, 0.4) is 0 Å². The summed E-state index contributed by atoms with van der Waals surface area (Å²) < 4.78 is 37.2. The second-order valence-corrected chi connectivity index (χ2v) is 5.72. The predicted octanol–water partition coefficient (Wildman–Crippen LogP) is 1.38. The van der Waals surface area contributed by atoms with E-state index in [-0.39, 0.29) is 12.6 Å². The van der Waals surface area contributed by atoms with E-state index in [4.69, 9.17) is 0 Å². The summed E-state index contributed by atoms with van der Waals surface area (Å²) in [6.07, 6.45) is -1.81. The summed E-state index contributed by atoms with van der Waals surface area (Å²) in [6, 6.07) is -0.624. The molecule has 3 unspecified atom stereocenters. The number of carbonyl (C=O) groups excluding carboxylic acids is 1. The Morgan fingerprint density at radius 3 is 2.60 bits per heavy atom. The van der Waals surface area contributed by atoms with Gasteiger partial charge in [0.25, 0.3) is 0 Å². The minimum Gasteiger partial charge on any atom is -0.392 e. The molecule has 7 heteroatoms. The van der Waals surface area contributed by atoms with Gasteiger partial charge < -0.3 is 10.0 Å². The van der Waals surface area contributed by atoms with Gasteiger partial charge in [-0.3, -0.25) is 9.69 Å². The molecule has 0 spiro atoms. The van der Waals surface area contributed by atoms with Gasteiger partial charge in [0.05, 0.1) is 12.1 Å². The smallest absolute Gasteiger partial charge is 0.392 e. The SMILES string of the molecule is CC(O)C1CCCCN1C1CCN(CC(F)(F)F)C1=O. The molecule has 4 nitrogen and oxygen atoms in total. The molecule has 2 fully saturated rings. The maximum atomic E-state index is 12.4. The zero-order chi connectivity index (χ0) is 14.9. The lowest BCUT2D eigenvalue weighted by atomic mass is 9.95. The van der Waals surface area contributed by atoms with Gasteiger partial charge in [0.15, 0.2) is 0 Å². The molecule has 0 radical (unpaired) electrons. The van der Waals surface area contributed by atoms with E-state index in [0.29, 0.717) is 13.0 Å². The molecule has 1 amide bonds. The molecular weight excluding hydrogens is 273 g/mol. The van der Waals surface area contributed by atoms with Gasteiger partial charge in [0, 0.05) is 12.6 Å². The van der Waals surface area contributed by atoms with Crippen molar-refractivity contribution < 1.29 is 23.1 Å². The number of nitrogens with zero attached hydrogens (tertiary/aromatic N) is 2. The number of rotatable bonds is 3. The Kier molecular flexibility index (Phi) is 4.59. The molecule has 2 aliphatic heterocycles. The maximum Gasteiger partial charge on any atom is 0.406 e. The Morgan fingerprint density at radius 1 is 1.30 bits per heavy atom. The first-order chi connectivity index (χ1) is 9.29. The standard InChI is InChI=1S/C13H21F3N2O2/c1-9(19)10-4-2-3-6-18(10)11-5-7-17(12(11)20)8-13(14,15)16/h9-11,19H,2-8H2,1H3. The number of piperidine rings is 1. The lowest BCUT2D eigenvalue weighted by molar-refractivity contribution is -0.160. The van der Waals surface area contributed by atoms with Crippen LogP contribution in [0.15, 0.2) is 0 Å². The number of likely N-dealkylation sites (tertiary alicyclic amines) is 2. The quantitative estimate of drug-likeness (QED) is 0.855. The molecule has 116 valence electrons. The van der Waals surface area contributed by atoms with Crippen molar-refractivity contribution in [1.82, 2.24) is 9.80 Å². The molecule has 0 saturated carbocycles. The van der Waals surface area contributed by atoms with Crippen molar-refractivity contribution in [2.24, 2.45) is 0 Å². The van der Waals surface area contributed by atoms with Crippen LogP contribution >= 0.6 is 0 Å². The van der Waals surface area contributed by atoms with Gasteiger partial charge in [-0.1, -0.05) is 6.42 Å². The van der Waals surface area contributed by atoms with Gasteiger partial charge in [0.1, 0.15) is 6.54 Å². The number of halogens is 3. The van der Waals surface area contributed by atoms with Crippen LogP contribution < -0.4 is 0 Å². The Bertz CT molecular complexity index is 360. The van der Waals surface area contributed by atoms with E-state index in [1.165, 1.54) is 0 Å². The molecule has 2 rings (SSSR count). The average Bonchev–Trinajstić information content (AvgIpc) is 2.69. The fourth-order valence-corrected chi connectivity index (χ4v) is 3.29. The van der Waals surface area contributed by atoms with Crippen LogP contribution in [0.2, 0.25) is 0 Å². The number of hydrogen-bond donors (Lipinski definition) is 1. The van der Waals surface area contributed by atoms with Crippen LogP contribution in [-0.4, -0.2) is 64.8 Å². The minimum absolute atomic E-state index is 0.122. The first kappa shape index (κ1) is 15.6. The molecule has 2 saturated heterocycles. The van der Waals surface area contributed by atoms with Crippen molar-refractivity contribution in [2.45, 2.75) is 57.0 Å². The third-order valence-electron chi connectivity index (χ3n) is 4.19. The maximum absolute atomic E-state index is 12.4. The zero-order valence-electron chi connectivity index (χ0n) is 11.6. The van der Waals surface area contributed by atoms with Gasteiger partial charge in [-0.2, -0.15) is 13.2 Å². The van der Waals surface area contributed by atoms with Crippen LogP contribution in [0.25, 0.3) is 0 Å². The Hall–Kier alpha value is -0.820. The van der Waals surface area contributed by atoms with Gasteiger partial charge in [-0.25, -0.2) is 0 Å². The summed E-state index contributed by atoms with van der Waals surface area (Å²) in [5.41, 5.74) is 0. The van der Waals surface area contributed by atoms with Crippen LogP contribution in [0.1, 0.15) is 32.6 Å². The molecule has 0 aromatic heterocycles. The van der Waals surface area contributed by atoms with Crippen molar-refractivity contribution in [2.75, 3.05) is 19.6 Å². The van der Waals surface area contributed by atoms with Gasteiger partial charge in [-0.15, -0.1) is 0 Å². The lowest BCUT2D eigenvalue weighted by Crippen LogP contribution is -2.53. The van der Waals surface area contributed by atoms with E-state index in [9.17, 15) is 23.1 Å². The summed E-state index contributed by atoms with van der Waals surface area (Å²) in [6.45, 7) is 1.32. The molecule has 3 atom stereocenters. The fraction of sp³-hybridized carbons (Fsp3) is 0.923. The van der Waals surface area contributed by atoms with Crippen molar-refractivity contribution in [3.63, 3.8) is 0 Å². The van der Waals surface area contributed by atoms with Gasteiger partial charge >= 0.3 is 6.18 Å². The highest BCUT2D eigenvalue weighted by molar-refractivity contribution is 5.84. The number of amides is 1. The highest BCUT2D eigenvalue weighted by Gasteiger charge is 2.44. The van der Waals surface area contributed by atoms with E-state index >= 15 is 0 Å². The first-order valence-electron chi connectivity index (χ1n) is 7.09. The van der Waals surface area contributed by atoms with Crippen molar-refractivity contribution >= 4 is 5.91 Å². The van der Waals surface area contributed by atoms with E-state index in [1.807, 2.05) is 4.90 Å². The Labute approximate surface area is 116 Å². The first-order valence-corrected chi connectivity index (χ1v) is 7.09. The van der Waals surface area contributed by atoms with Crippen LogP contribution in [-0.2, 0) is 4.79 Å². The van der Waals surface area contributed by atoms with Crippen molar-refractivity contribution in [3.8, 4) is 0 Å². The molecule has 0 aromatic carbocycles. The fourth-order valence-electron chi connectivity index (χ4n) is 3.29. The van der Waals surface area contributed by atoms with Gasteiger partial charge in [-0.05, 0) is 32.7 Å². The normalized spacial score (nSPS) is 30.9. The predicted molar refractivity (Wildman–Crippen MR) is 67.1 cm³/mol. The summed E-state index contributed by atoms with van der Waals surface area (Å²) in [5.74, 6) is -0.449. The second-order valence-electron chi connectivity index (χ2n) is 5.72. The summed E-state index contributed by atoms with van der Waals surface area (Å²) in [4.78, 5) is 15.0. The largest absolute Gasteiger partial charge is 0.406 e. The molecule has 0 aliphatic carbocycles. The zero-order valence-corrected chi connectivity index (χ0v) is 11.6. The van der Waals surface area contributed by atoms with Crippen LogP contribution in [0.4, 0.5) is 13.2 Å². The van der Waals surface area contributed by atoms with Crippen molar-refractivity contribution in [1.29, 1.82) is 0 Å². The molecule has 0 aromatic rings. The summed E-state index contributed by atoms with van der Waals surface area (Å²) in [7, 11) is 0. The molecule has 2 heterocycles. The number of hydrogen-bond acceptors (Lipinski definition) is 3. The Balaban J connectivity index is 2.04. The topological polar surface area (TPSA) is 43.8 Å².